The molecule has 12 rings (SSSR count). The number of hydrogen-bond acceptors (Lipinski definition) is 2. The van der Waals surface area contributed by atoms with E-state index in [2.05, 4.69) is 202 Å². The molecular weight excluding hydrogens is 659 g/mol. The molecule has 4 heteroatoms. The van der Waals surface area contributed by atoms with Gasteiger partial charge in [0.15, 0.2) is 0 Å². The zero-order chi connectivity index (χ0) is 35.3. The van der Waals surface area contributed by atoms with Crippen LogP contribution in [-0.2, 0) is 0 Å². The van der Waals surface area contributed by atoms with Crippen molar-refractivity contribution in [1.82, 2.24) is 9.13 Å². The van der Waals surface area contributed by atoms with Crippen molar-refractivity contribution in [2.45, 2.75) is 0 Å². The van der Waals surface area contributed by atoms with E-state index < -0.39 is 0 Å². The maximum Gasteiger partial charge on any atom is 0.135 e. The summed E-state index contributed by atoms with van der Waals surface area (Å²) in [6.07, 6.45) is 0. The summed E-state index contributed by atoms with van der Waals surface area (Å²) in [5, 5.41) is 5.90. The van der Waals surface area contributed by atoms with E-state index in [1.807, 2.05) is 0 Å². The van der Waals surface area contributed by atoms with Crippen molar-refractivity contribution in [2.75, 3.05) is 4.90 Å². The third kappa shape index (κ3) is 4.02. The molecule has 0 aliphatic carbocycles. The van der Waals surface area contributed by atoms with Crippen molar-refractivity contribution < 1.29 is 4.42 Å². The lowest BCUT2D eigenvalue weighted by Crippen LogP contribution is -2.11. The van der Waals surface area contributed by atoms with Crippen LogP contribution in [0.3, 0.4) is 0 Å². The summed E-state index contributed by atoms with van der Waals surface area (Å²) in [6.45, 7) is 0. The molecule has 252 valence electrons. The molecule has 0 N–H and O–H groups in total. The first-order valence-corrected chi connectivity index (χ1v) is 18.4. The minimum atomic E-state index is 0.872. The van der Waals surface area contributed by atoms with E-state index in [4.69, 9.17) is 4.42 Å². The van der Waals surface area contributed by atoms with Crippen molar-refractivity contribution >= 4 is 71.7 Å². The Bertz CT molecular complexity index is 3240. The van der Waals surface area contributed by atoms with Crippen LogP contribution >= 0.6 is 0 Å². The quantitative estimate of drug-likeness (QED) is 0.185. The molecule has 8 aromatic carbocycles. The molecule has 4 nitrogen and oxygen atoms in total. The fourth-order valence-electron chi connectivity index (χ4n) is 9.00. The monoisotopic (exact) mass is 689 g/mol. The first-order valence-electron chi connectivity index (χ1n) is 18.4. The van der Waals surface area contributed by atoms with Crippen molar-refractivity contribution in [1.29, 1.82) is 0 Å². The predicted molar refractivity (Wildman–Crippen MR) is 224 cm³/mol. The molecule has 0 bridgehead atoms. The Labute approximate surface area is 311 Å². The average molecular weight is 690 g/mol. The van der Waals surface area contributed by atoms with Crippen molar-refractivity contribution in [2.24, 2.45) is 0 Å². The Hall–Kier alpha value is -7.30. The van der Waals surface area contributed by atoms with Gasteiger partial charge < -0.3 is 18.5 Å². The van der Waals surface area contributed by atoms with Crippen LogP contribution in [0, 0.1) is 0 Å². The van der Waals surface area contributed by atoms with E-state index in [1.165, 1.54) is 55.1 Å². The summed E-state index contributed by atoms with van der Waals surface area (Å²) >= 11 is 0. The number of furan rings is 1. The Morgan fingerprint density at radius 1 is 0.333 bits per heavy atom. The highest BCUT2D eigenvalue weighted by atomic mass is 16.3. The van der Waals surface area contributed by atoms with E-state index in [-0.39, 0.29) is 0 Å². The fourth-order valence-corrected chi connectivity index (χ4v) is 9.00. The Kier molecular flexibility index (Phi) is 6.02. The third-order valence-corrected chi connectivity index (χ3v) is 11.2. The number of anilines is 3. The molecule has 3 aromatic heterocycles. The second kappa shape index (κ2) is 11.1. The molecule has 0 atom stereocenters. The van der Waals surface area contributed by atoms with Gasteiger partial charge in [0.25, 0.3) is 0 Å². The summed E-state index contributed by atoms with van der Waals surface area (Å²) in [5.74, 6) is 0. The molecule has 54 heavy (non-hydrogen) atoms. The fraction of sp³-hybridized carbons (Fsp3) is 0. The normalized spacial score (nSPS) is 12.4. The molecule has 0 unspecified atom stereocenters. The Morgan fingerprint density at radius 3 is 1.46 bits per heavy atom. The van der Waals surface area contributed by atoms with Crippen LogP contribution in [0.1, 0.15) is 0 Å². The summed E-state index contributed by atoms with van der Waals surface area (Å²) in [7, 11) is 0. The summed E-state index contributed by atoms with van der Waals surface area (Å²) in [5.41, 5.74) is 15.7. The first kappa shape index (κ1) is 29.3. The lowest BCUT2D eigenvalue weighted by molar-refractivity contribution is 0.669. The van der Waals surface area contributed by atoms with Crippen molar-refractivity contribution in [3.63, 3.8) is 0 Å². The molecule has 0 amide bonds. The lowest BCUT2D eigenvalue weighted by Gasteiger charge is -2.27. The molecule has 1 aliphatic heterocycles. The van der Waals surface area contributed by atoms with Gasteiger partial charge in [-0.3, -0.25) is 0 Å². The molecule has 0 fully saturated rings. The van der Waals surface area contributed by atoms with E-state index >= 15 is 0 Å². The van der Waals surface area contributed by atoms with Crippen LogP contribution in [0.25, 0.3) is 88.4 Å². The van der Waals surface area contributed by atoms with Gasteiger partial charge in [-0.2, -0.15) is 0 Å². The SMILES string of the molecule is c1ccc(N2c3ccccc3-c3c(n(-c4ccc5oc6ccc(-n7c8ccccc8c8ccccc87)cc6c5c4)c4ccccc34)-c3ccccc32)cc1. The third-order valence-electron chi connectivity index (χ3n) is 11.2. The number of fused-ring (bicyclic) bond motifs is 13. The van der Waals surface area contributed by atoms with E-state index in [0.29, 0.717) is 0 Å². The van der Waals surface area contributed by atoms with Crippen LogP contribution < -0.4 is 4.90 Å². The molecule has 1 aliphatic rings. The second-order valence-corrected chi connectivity index (χ2v) is 14.1. The van der Waals surface area contributed by atoms with Crippen molar-refractivity contribution in [3.05, 3.63) is 188 Å². The molecular formula is C50H31N3O. The summed E-state index contributed by atoms with van der Waals surface area (Å²) < 4.78 is 11.4. The zero-order valence-corrected chi connectivity index (χ0v) is 29.1. The number of nitrogens with zero attached hydrogens (tertiary/aromatic N) is 3. The van der Waals surface area contributed by atoms with E-state index in [1.54, 1.807) is 0 Å². The highest BCUT2D eigenvalue weighted by molar-refractivity contribution is 6.14. The standard InChI is InChI=1S/C50H31N3O/c1-2-14-32(15-3-1)51-44-23-11-6-18-37(44)49-38-19-7-12-24-45(38)53(50(49)39-20-8-13-25-46(39)51)34-27-29-48-41(31-34)40-30-33(26-28-47(40)54-48)52-42-21-9-4-16-35(42)36-17-5-10-22-43(36)52/h1-31H. The maximum atomic E-state index is 6.53. The molecule has 11 aromatic rings. The van der Waals surface area contributed by atoms with Crippen LogP contribution in [0.15, 0.2) is 192 Å². The number of rotatable bonds is 3. The van der Waals surface area contributed by atoms with Gasteiger partial charge in [-0.05, 0) is 78.9 Å². The van der Waals surface area contributed by atoms with Gasteiger partial charge in [0.05, 0.1) is 33.6 Å². The predicted octanol–water partition coefficient (Wildman–Crippen LogP) is 13.7. The Morgan fingerprint density at radius 2 is 0.815 bits per heavy atom. The second-order valence-electron chi connectivity index (χ2n) is 14.1. The minimum Gasteiger partial charge on any atom is -0.456 e. The topological polar surface area (TPSA) is 26.2 Å². The molecule has 0 saturated carbocycles. The van der Waals surface area contributed by atoms with Crippen molar-refractivity contribution in [3.8, 4) is 33.8 Å². The lowest BCUT2D eigenvalue weighted by atomic mass is 9.98. The highest BCUT2D eigenvalue weighted by Gasteiger charge is 2.31. The minimum absolute atomic E-state index is 0.872. The molecule has 0 spiro atoms. The maximum absolute atomic E-state index is 6.53. The summed E-state index contributed by atoms with van der Waals surface area (Å²) in [6, 6.07) is 67.8. The number of hydrogen-bond donors (Lipinski definition) is 0. The number of para-hydroxylation sites is 6. The Balaban J connectivity index is 1.14. The largest absolute Gasteiger partial charge is 0.456 e. The van der Waals surface area contributed by atoms with Gasteiger partial charge in [-0.15, -0.1) is 0 Å². The number of benzene rings is 8. The van der Waals surface area contributed by atoms with E-state index in [9.17, 15) is 0 Å². The first-order chi connectivity index (χ1) is 26.8. The van der Waals surface area contributed by atoms with Gasteiger partial charge in [-0.1, -0.05) is 109 Å². The number of aromatic nitrogens is 2. The highest BCUT2D eigenvalue weighted by Crippen LogP contribution is 2.54. The average Bonchev–Trinajstić information content (AvgIpc) is 3.86. The zero-order valence-electron chi connectivity index (χ0n) is 29.1. The molecule has 4 heterocycles. The van der Waals surface area contributed by atoms with E-state index in [0.717, 1.165) is 50.4 Å². The summed E-state index contributed by atoms with van der Waals surface area (Å²) in [4.78, 5) is 2.41. The molecule has 0 radical (unpaired) electrons. The molecule has 0 saturated heterocycles. The van der Waals surface area contributed by atoms with Gasteiger partial charge in [0, 0.05) is 60.7 Å². The van der Waals surface area contributed by atoms with Gasteiger partial charge in [-0.25, -0.2) is 0 Å². The van der Waals surface area contributed by atoms with Crippen LogP contribution in [0.5, 0.6) is 0 Å². The van der Waals surface area contributed by atoms with Crippen LogP contribution in [-0.4, -0.2) is 9.13 Å². The van der Waals surface area contributed by atoms with Gasteiger partial charge >= 0.3 is 0 Å². The van der Waals surface area contributed by atoms with Gasteiger partial charge in [0.2, 0.25) is 0 Å². The van der Waals surface area contributed by atoms with Crippen LogP contribution in [0.4, 0.5) is 17.1 Å². The smallest absolute Gasteiger partial charge is 0.135 e. The van der Waals surface area contributed by atoms with Crippen LogP contribution in [0.2, 0.25) is 0 Å². The van der Waals surface area contributed by atoms with Gasteiger partial charge in [0.1, 0.15) is 11.2 Å².